The molecular formula is C17H22ClF3N4OS. The van der Waals surface area contributed by atoms with Gasteiger partial charge in [-0.3, -0.25) is 9.79 Å². The van der Waals surface area contributed by atoms with Crippen molar-refractivity contribution in [3.05, 3.63) is 23.0 Å². The van der Waals surface area contributed by atoms with Gasteiger partial charge in [0.05, 0.1) is 18.7 Å². The number of dihydropyridines is 1. The van der Waals surface area contributed by atoms with Gasteiger partial charge in [0.25, 0.3) is 0 Å². The molecule has 0 aliphatic carbocycles. The zero-order chi connectivity index (χ0) is 19.9. The van der Waals surface area contributed by atoms with Gasteiger partial charge in [-0.05, 0) is 13.3 Å². The van der Waals surface area contributed by atoms with E-state index in [9.17, 15) is 18.0 Å². The summed E-state index contributed by atoms with van der Waals surface area (Å²) in [5, 5.41) is 4.58. The number of amides is 1. The van der Waals surface area contributed by atoms with Crippen molar-refractivity contribution in [1.82, 2.24) is 14.7 Å². The lowest BCUT2D eigenvalue weighted by Gasteiger charge is -2.20. The van der Waals surface area contributed by atoms with Crippen LogP contribution in [-0.4, -0.2) is 57.6 Å². The first-order valence-corrected chi connectivity index (χ1v) is 10.2. The van der Waals surface area contributed by atoms with Crippen molar-refractivity contribution in [2.45, 2.75) is 38.9 Å². The van der Waals surface area contributed by atoms with Crippen LogP contribution in [0.5, 0.6) is 0 Å². The quantitative estimate of drug-likeness (QED) is 0.558. The smallest absolute Gasteiger partial charge is 0.338 e. The average molecular weight is 423 g/mol. The summed E-state index contributed by atoms with van der Waals surface area (Å²) < 4.78 is 38.0. The van der Waals surface area contributed by atoms with Crippen LogP contribution in [0, 0.1) is 0 Å². The minimum atomic E-state index is -4.15. The summed E-state index contributed by atoms with van der Waals surface area (Å²) in [6, 6.07) is 0. The van der Waals surface area contributed by atoms with Gasteiger partial charge in [-0.2, -0.15) is 30.0 Å². The van der Waals surface area contributed by atoms with Crippen LogP contribution in [0.25, 0.3) is 5.70 Å². The monoisotopic (exact) mass is 422 g/mol. The molecule has 10 heteroatoms. The Kier molecular flexibility index (Phi) is 8.22. The second-order valence-electron chi connectivity index (χ2n) is 5.98. The molecular weight excluding hydrogens is 401 g/mol. The van der Waals surface area contributed by atoms with E-state index in [1.807, 2.05) is 13.0 Å². The van der Waals surface area contributed by atoms with Crippen LogP contribution >= 0.6 is 23.4 Å². The van der Waals surface area contributed by atoms with E-state index in [0.717, 1.165) is 36.0 Å². The maximum Gasteiger partial charge on any atom is 0.389 e. The molecule has 2 heterocycles. The Hall–Kier alpha value is -1.48. The highest BCUT2D eigenvalue weighted by Gasteiger charge is 2.26. The minimum Gasteiger partial charge on any atom is -0.338 e. The van der Waals surface area contributed by atoms with Gasteiger partial charge in [0.1, 0.15) is 0 Å². The van der Waals surface area contributed by atoms with Crippen molar-refractivity contribution in [3.63, 3.8) is 0 Å². The van der Waals surface area contributed by atoms with Crippen molar-refractivity contribution in [3.8, 4) is 0 Å². The molecule has 0 radical (unpaired) electrons. The predicted molar refractivity (Wildman–Crippen MR) is 103 cm³/mol. The number of hydrogen-bond donors (Lipinski definition) is 0. The molecule has 5 nitrogen and oxygen atoms in total. The van der Waals surface area contributed by atoms with Gasteiger partial charge in [0, 0.05) is 49.0 Å². The molecule has 0 bridgehead atoms. The summed E-state index contributed by atoms with van der Waals surface area (Å²) in [5.41, 5.74) is 1.56. The van der Waals surface area contributed by atoms with E-state index in [1.165, 1.54) is 0 Å². The van der Waals surface area contributed by atoms with E-state index >= 15 is 0 Å². The number of aliphatic imine (C=N–C) groups is 1. The van der Waals surface area contributed by atoms with Gasteiger partial charge in [0.15, 0.2) is 5.15 Å². The fraction of sp³-hybridized carbons (Fsp3) is 0.588. The maximum atomic E-state index is 12.3. The fourth-order valence-electron chi connectivity index (χ4n) is 2.47. The van der Waals surface area contributed by atoms with Crippen LogP contribution in [0.4, 0.5) is 13.2 Å². The van der Waals surface area contributed by atoms with Gasteiger partial charge >= 0.3 is 6.18 Å². The lowest BCUT2D eigenvalue weighted by atomic mass is 10.2. The van der Waals surface area contributed by atoms with Gasteiger partial charge in [-0.15, -0.1) is 0 Å². The van der Waals surface area contributed by atoms with Crippen LogP contribution in [0.1, 0.15) is 31.7 Å². The van der Waals surface area contributed by atoms with Crippen LogP contribution in [0.2, 0.25) is 5.15 Å². The third-order valence-electron chi connectivity index (χ3n) is 3.92. The molecule has 1 aromatic rings. The van der Waals surface area contributed by atoms with Crippen LogP contribution in [0.15, 0.2) is 17.3 Å². The minimum absolute atomic E-state index is 0.0296. The Labute approximate surface area is 165 Å². The topological polar surface area (TPSA) is 50.5 Å². The van der Waals surface area contributed by atoms with Crippen molar-refractivity contribution in [2.24, 2.45) is 4.99 Å². The van der Waals surface area contributed by atoms with E-state index in [1.54, 1.807) is 22.0 Å². The van der Waals surface area contributed by atoms with E-state index in [4.69, 9.17) is 11.6 Å². The van der Waals surface area contributed by atoms with E-state index in [0.29, 0.717) is 24.0 Å². The zero-order valence-corrected chi connectivity index (χ0v) is 16.6. The first-order chi connectivity index (χ1) is 12.8. The first-order valence-electron chi connectivity index (χ1n) is 8.67. The lowest BCUT2D eigenvalue weighted by molar-refractivity contribution is -0.131. The molecule has 2 rings (SSSR count). The molecule has 0 aromatic carbocycles. The standard InChI is InChI=1S/C17H22ClF3N4OS/c1-2-24(15(26)5-8-27-9-6-17(19,20)21)11-13-12-25(23-16(13)18)14-4-3-7-22-10-14/h4,10,12H,2-3,5-9,11H2,1H3. The van der Waals surface area contributed by atoms with E-state index < -0.39 is 12.6 Å². The molecule has 1 aliphatic rings. The number of halogens is 4. The highest BCUT2D eigenvalue weighted by Crippen LogP contribution is 2.23. The number of rotatable bonds is 9. The van der Waals surface area contributed by atoms with Gasteiger partial charge in [0.2, 0.25) is 5.91 Å². The Morgan fingerprint density at radius 1 is 1.41 bits per heavy atom. The van der Waals surface area contributed by atoms with E-state index in [2.05, 4.69) is 10.1 Å². The Balaban J connectivity index is 1.87. The fourth-order valence-corrected chi connectivity index (χ4v) is 3.56. The van der Waals surface area contributed by atoms with Crippen LogP contribution in [0.3, 0.4) is 0 Å². The number of alkyl halides is 3. The zero-order valence-electron chi connectivity index (χ0n) is 15.0. The van der Waals surface area contributed by atoms with Crippen LogP contribution < -0.4 is 0 Å². The molecule has 0 saturated heterocycles. The summed E-state index contributed by atoms with van der Waals surface area (Å²) >= 11 is 7.34. The summed E-state index contributed by atoms with van der Waals surface area (Å²) in [7, 11) is 0. The number of thioether (sulfide) groups is 1. The number of hydrogen-bond acceptors (Lipinski definition) is 4. The number of nitrogens with zero attached hydrogens (tertiary/aromatic N) is 4. The Morgan fingerprint density at radius 2 is 2.19 bits per heavy atom. The highest BCUT2D eigenvalue weighted by atomic mass is 35.5. The second-order valence-corrected chi connectivity index (χ2v) is 7.56. The number of carbonyl (C=O) groups excluding carboxylic acids is 1. The normalized spacial score (nSPS) is 14.3. The molecule has 150 valence electrons. The summed E-state index contributed by atoms with van der Waals surface area (Å²) in [6.45, 7) is 3.40. The maximum absolute atomic E-state index is 12.3. The van der Waals surface area contributed by atoms with Crippen molar-refractivity contribution >= 4 is 41.2 Å². The molecule has 0 unspecified atom stereocenters. The second kappa shape index (κ2) is 10.2. The SMILES string of the molecule is CCN(Cc1cn(C2=CCCN=C2)nc1Cl)C(=O)CCSCCC(F)(F)F. The summed E-state index contributed by atoms with van der Waals surface area (Å²) in [5.74, 6) is 0.221. The van der Waals surface area contributed by atoms with Gasteiger partial charge in [-0.25, -0.2) is 4.68 Å². The van der Waals surface area contributed by atoms with Crippen molar-refractivity contribution in [2.75, 3.05) is 24.6 Å². The average Bonchev–Trinajstić information content (AvgIpc) is 2.99. The van der Waals surface area contributed by atoms with Crippen LogP contribution in [-0.2, 0) is 11.3 Å². The molecule has 0 spiro atoms. The van der Waals surface area contributed by atoms with Gasteiger partial charge in [-0.1, -0.05) is 17.7 Å². The molecule has 1 aromatic heterocycles. The molecule has 0 N–H and O–H groups in total. The molecule has 0 saturated carbocycles. The molecule has 27 heavy (non-hydrogen) atoms. The Morgan fingerprint density at radius 3 is 2.81 bits per heavy atom. The van der Waals surface area contributed by atoms with Crippen molar-refractivity contribution in [1.29, 1.82) is 0 Å². The number of carbonyl (C=O) groups is 1. The molecule has 1 amide bonds. The highest BCUT2D eigenvalue weighted by molar-refractivity contribution is 7.99. The van der Waals surface area contributed by atoms with Gasteiger partial charge < -0.3 is 4.90 Å². The predicted octanol–water partition coefficient (Wildman–Crippen LogP) is 4.28. The summed E-state index contributed by atoms with van der Waals surface area (Å²) in [4.78, 5) is 18.2. The first kappa shape index (κ1) is 21.8. The van der Waals surface area contributed by atoms with Crippen molar-refractivity contribution < 1.29 is 18.0 Å². The third kappa shape index (κ3) is 7.21. The number of allylic oxidation sites excluding steroid dienone is 1. The Bertz CT molecular complexity index is 703. The molecule has 0 atom stereocenters. The third-order valence-corrected chi connectivity index (χ3v) is 5.23. The number of aromatic nitrogens is 2. The molecule has 1 aliphatic heterocycles. The largest absolute Gasteiger partial charge is 0.389 e. The molecule has 0 fully saturated rings. The summed E-state index contributed by atoms with van der Waals surface area (Å²) in [6.07, 6.45) is 1.57. The lowest BCUT2D eigenvalue weighted by Crippen LogP contribution is -2.30. The van der Waals surface area contributed by atoms with E-state index in [-0.39, 0.29) is 18.1 Å².